The molecule has 0 radical (unpaired) electrons. The van der Waals surface area contributed by atoms with E-state index in [1.54, 1.807) is 18.3 Å². The molecule has 1 aliphatic heterocycles. The van der Waals surface area contributed by atoms with Gasteiger partial charge >= 0.3 is 6.01 Å². The van der Waals surface area contributed by atoms with Gasteiger partial charge in [0.15, 0.2) is 5.75 Å². The van der Waals surface area contributed by atoms with E-state index in [-0.39, 0.29) is 6.01 Å². The first-order valence-corrected chi connectivity index (χ1v) is 9.24. The molecule has 0 aliphatic carbocycles. The summed E-state index contributed by atoms with van der Waals surface area (Å²) < 4.78 is 16.2. The standard InChI is InChI=1S/C19H20Cl2N4O3/c1-10(2)12-7-16(25-23-8-12)28-17-14(20)5-11(6-15(17)21)13-9-22-19(27-4)24-18(13)26-3/h5-10,23,25H,1-4H3. The van der Waals surface area contributed by atoms with E-state index in [2.05, 4.69) is 34.7 Å². The Morgan fingerprint density at radius 1 is 1.07 bits per heavy atom. The summed E-state index contributed by atoms with van der Waals surface area (Å²) >= 11 is 12.9. The summed E-state index contributed by atoms with van der Waals surface area (Å²) in [6.45, 7) is 4.18. The van der Waals surface area contributed by atoms with Gasteiger partial charge in [-0.2, -0.15) is 4.98 Å². The molecule has 0 saturated carbocycles. The highest BCUT2D eigenvalue weighted by atomic mass is 35.5. The van der Waals surface area contributed by atoms with Gasteiger partial charge in [-0.05, 0) is 29.2 Å². The number of ether oxygens (including phenoxy) is 3. The maximum atomic E-state index is 6.45. The van der Waals surface area contributed by atoms with Gasteiger partial charge in [0.1, 0.15) is 0 Å². The Labute approximate surface area is 173 Å². The van der Waals surface area contributed by atoms with Crippen LogP contribution in [0.2, 0.25) is 10.0 Å². The van der Waals surface area contributed by atoms with Crippen LogP contribution in [0.15, 0.2) is 42.1 Å². The van der Waals surface area contributed by atoms with Gasteiger partial charge < -0.3 is 19.6 Å². The van der Waals surface area contributed by atoms with E-state index >= 15 is 0 Å². The van der Waals surface area contributed by atoms with Crippen LogP contribution in [0.4, 0.5) is 0 Å². The van der Waals surface area contributed by atoms with Crippen molar-refractivity contribution in [3.8, 4) is 28.8 Å². The SMILES string of the molecule is COc1ncc(-c2cc(Cl)c(OC3=CC(C(C)C)=CNN3)c(Cl)c2)c(OC)n1. The Morgan fingerprint density at radius 2 is 1.79 bits per heavy atom. The summed E-state index contributed by atoms with van der Waals surface area (Å²) in [6.07, 6.45) is 5.35. The molecular formula is C19H20Cl2N4O3. The summed E-state index contributed by atoms with van der Waals surface area (Å²) in [5.41, 5.74) is 8.27. The van der Waals surface area contributed by atoms with Crippen LogP contribution in [0.25, 0.3) is 11.1 Å². The van der Waals surface area contributed by atoms with E-state index in [0.29, 0.717) is 44.6 Å². The molecule has 0 spiro atoms. The number of allylic oxidation sites excluding steroid dienone is 2. The van der Waals surface area contributed by atoms with Gasteiger partial charge in [0.2, 0.25) is 11.8 Å². The van der Waals surface area contributed by atoms with E-state index in [9.17, 15) is 0 Å². The van der Waals surface area contributed by atoms with Crippen LogP contribution in [0, 0.1) is 5.92 Å². The normalized spacial score (nSPS) is 13.2. The van der Waals surface area contributed by atoms with Crippen molar-refractivity contribution in [1.29, 1.82) is 0 Å². The monoisotopic (exact) mass is 422 g/mol. The summed E-state index contributed by atoms with van der Waals surface area (Å²) in [5.74, 6) is 1.52. The lowest BCUT2D eigenvalue weighted by Crippen LogP contribution is -2.32. The Balaban J connectivity index is 1.93. The minimum absolute atomic E-state index is 0.203. The molecule has 2 aromatic rings. The highest BCUT2D eigenvalue weighted by molar-refractivity contribution is 6.37. The highest BCUT2D eigenvalue weighted by Gasteiger charge is 2.18. The molecule has 28 heavy (non-hydrogen) atoms. The lowest BCUT2D eigenvalue weighted by atomic mass is 10.0. The van der Waals surface area contributed by atoms with Crippen molar-refractivity contribution in [3.05, 3.63) is 52.1 Å². The van der Waals surface area contributed by atoms with Crippen molar-refractivity contribution < 1.29 is 14.2 Å². The van der Waals surface area contributed by atoms with Crippen molar-refractivity contribution in [3.63, 3.8) is 0 Å². The molecule has 0 amide bonds. The maximum Gasteiger partial charge on any atom is 0.319 e. The molecule has 0 bridgehead atoms. The van der Waals surface area contributed by atoms with Gasteiger partial charge in [-0.15, -0.1) is 0 Å². The summed E-state index contributed by atoms with van der Waals surface area (Å²) in [4.78, 5) is 8.30. The Kier molecular flexibility index (Phi) is 6.16. The number of hydrogen-bond donors (Lipinski definition) is 2. The second kappa shape index (κ2) is 8.58. The van der Waals surface area contributed by atoms with Crippen molar-refractivity contribution in [2.75, 3.05) is 14.2 Å². The first-order chi connectivity index (χ1) is 13.4. The molecule has 2 heterocycles. The fourth-order valence-corrected chi connectivity index (χ4v) is 3.10. The minimum Gasteiger partial charge on any atom is -0.480 e. The van der Waals surface area contributed by atoms with Crippen LogP contribution >= 0.6 is 23.2 Å². The second-order valence-corrected chi connectivity index (χ2v) is 7.04. The van der Waals surface area contributed by atoms with E-state index < -0.39 is 0 Å². The number of rotatable bonds is 6. The van der Waals surface area contributed by atoms with E-state index in [0.717, 1.165) is 5.57 Å². The van der Waals surface area contributed by atoms with E-state index in [1.807, 2.05) is 12.3 Å². The number of nitrogens with one attached hydrogen (secondary N) is 2. The van der Waals surface area contributed by atoms with Gasteiger partial charge in [-0.1, -0.05) is 37.0 Å². The first-order valence-electron chi connectivity index (χ1n) is 8.48. The molecule has 148 valence electrons. The fraction of sp³-hybridized carbons (Fsp3) is 0.263. The molecule has 7 nitrogen and oxygen atoms in total. The molecule has 9 heteroatoms. The van der Waals surface area contributed by atoms with Crippen LogP contribution in [-0.4, -0.2) is 24.2 Å². The molecule has 0 atom stereocenters. The van der Waals surface area contributed by atoms with Crippen molar-refractivity contribution in [2.45, 2.75) is 13.8 Å². The molecule has 1 aliphatic rings. The Hall–Kier alpha value is -2.64. The molecule has 1 aromatic heterocycles. The summed E-state index contributed by atoms with van der Waals surface area (Å²) in [7, 11) is 3.00. The molecule has 2 N–H and O–H groups in total. The van der Waals surface area contributed by atoms with Crippen LogP contribution in [-0.2, 0) is 0 Å². The van der Waals surface area contributed by atoms with Gasteiger partial charge in [-0.25, -0.2) is 4.98 Å². The number of nitrogens with zero attached hydrogens (tertiary/aromatic N) is 2. The van der Waals surface area contributed by atoms with E-state index in [4.69, 9.17) is 37.4 Å². The molecule has 0 unspecified atom stereocenters. The lowest BCUT2D eigenvalue weighted by molar-refractivity contribution is 0.353. The number of hydrogen-bond acceptors (Lipinski definition) is 7. The predicted molar refractivity (Wildman–Crippen MR) is 108 cm³/mol. The smallest absolute Gasteiger partial charge is 0.319 e. The van der Waals surface area contributed by atoms with Crippen LogP contribution in [0.5, 0.6) is 17.6 Å². The third kappa shape index (κ3) is 4.26. The Morgan fingerprint density at radius 3 is 2.39 bits per heavy atom. The van der Waals surface area contributed by atoms with Crippen molar-refractivity contribution in [1.82, 2.24) is 20.8 Å². The summed E-state index contributed by atoms with van der Waals surface area (Å²) in [5, 5.41) is 0.674. The number of aromatic nitrogens is 2. The predicted octanol–water partition coefficient (Wildman–Crippen LogP) is 4.34. The average Bonchev–Trinajstić information content (AvgIpc) is 2.70. The molecule has 1 aromatic carbocycles. The zero-order valence-electron chi connectivity index (χ0n) is 15.8. The molecule has 3 rings (SSSR count). The average molecular weight is 423 g/mol. The van der Waals surface area contributed by atoms with Crippen LogP contribution < -0.4 is 25.1 Å². The zero-order valence-corrected chi connectivity index (χ0v) is 17.4. The van der Waals surface area contributed by atoms with Gasteiger partial charge in [-0.3, -0.25) is 5.43 Å². The van der Waals surface area contributed by atoms with Crippen molar-refractivity contribution in [2.24, 2.45) is 5.92 Å². The Bertz CT molecular complexity index is 922. The van der Waals surface area contributed by atoms with Gasteiger partial charge in [0.25, 0.3) is 0 Å². The molecule has 0 saturated heterocycles. The minimum atomic E-state index is 0.203. The van der Waals surface area contributed by atoms with Gasteiger partial charge in [0, 0.05) is 18.5 Å². The van der Waals surface area contributed by atoms with Crippen LogP contribution in [0.1, 0.15) is 13.8 Å². The number of methoxy groups -OCH3 is 2. The topological polar surface area (TPSA) is 77.5 Å². The maximum absolute atomic E-state index is 6.45. The van der Waals surface area contributed by atoms with Crippen molar-refractivity contribution >= 4 is 23.2 Å². The fourth-order valence-electron chi connectivity index (χ4n) is 2.53. The number of halogens is 2. The first kappa shape index (κ1) is 20.1. The molecule has 0 fully saturated rings. The third-order valence-corrected chi connectivity index (χ3v) is 4.59. The zero-order chi connectivity index (χ0) is 20.3. The quantitative estimate of drug-likeness (QED) is 0.716. The number of hydrazine groups is 1. The van der Waals surface area contributed by atoms with E-state index in [1.165, 1.54) is 14.2 Å². The van der Waals surface area contributed by atoms with Gasteiger partial charge in [0.05, 0.1) is 29.8 Å². The molecular weight excluding hydrogens is 403 g/mol. The largest absolute Gasteiger partial charge is 0.480 e. The highest BCUT2D eigenvalue weighted by Crippen LogP contribution is 2.40. The lowest BCUT2D eigenvalue weighted by Gasteiger charge is -2.20. The van der Waals surface area contributed by atoms with Crippen LogP contribution in [0.3, 0.4) is 0 Å². The summed E-state index contributed by atoms with van der Waals surface area (Å²) in [6, 6.07) is 3.63. The number of benzene rings is 1. The third-order valence-electron chi connectivity index (χ3n) is 4.03. The second-order valence-electron chi connectivity index (χ2n) is 6.23.